The summed E-state index contributed by atoms with van der Waals surface area (Å²) in [5.41, 5.74) is 2.30. The van der Waals surface area contributed by atoms with E-state index < -0.39 is 0 Å². The van der Waals surface area contributed by atoms with Gasteiger partial charge in [-0.3, -0.25) is 0 Å². The summed E-state index contributed by atoms with van der Waals surface area (Å²) in [5, 5.41) is 0. The molecule has 0 saturated heterocycles. The Morgan fingerprint density at radius 2 is 1.62 bits per heavy atom. The monoisotopic (exact) mass is 244 g/mol. The number of ether oxygens (including phenoxy) is 2. The topological polar surface area (TPSA) is 18.5 Å². The minimum absolute atomic E-state index is 0.755. The predicted octanol–water partition coefficient (Wildman–Crippen LogP) is 3.08. The molecule has 0 bridgehead atoms. The van der Waals surface area contributed by atoms with Crippen molar-refractivity contribution in [3.05, 3.63) is 21.7 Å². The molecule has 1 rings (SSSR count). The van der Waals surface area contributed by atoms with E-state index >= 15 is 0 Å². The minimum Gasteiger partial charge on any atom is -0.493 e. The van der Waals surface area contributed by atoms with Crippen molar-refractivity contribution in [2.24, 2.45) is 0 Å². The third kappa shape index (κ3) is 1.80. The molecule has 0 fully saturated rings. The molecule has 0 aliphatic heterocycles. The summed E-state index contributed by atoms with van der Waals surface area (Å²) in [7, 11) is 3.29. The lowest BCUT2D eigenvalue weighted by Gasteiger charge is -2.13. The van der Waals surface area contributed by atoms with Gasteiger partial charge in [-0.15, -0.1) is 0 Å². The van der Waals surface area contributed by atoms with Crippen LogP contribution in [0.2, 0.25) is 0 Å². The molecule has 0 N–H and O–H groups in total. The summed E-state index contributed by atoms with van der Waals surface area (Å²) < 4.78 is 11.4. The Labute approximate surface area is 87.0 Å². The Morgan fingerprint density at radius 1 is 1.08 bits per heavy atom. The van der Waals surface area contributed by atoms with Crippen molar-refractivity contribution in [3.8, 4) is 11.5 Å². The van der Waals surface area contributed by atoms with E-state index in [0.29, 0.717) is 0 Å². The molecular weight excluding hydrogens is 232 g/mol. The first-order chi connectivity index (χ1) is 6.11. The molecule has 0 aliphatic rings. The SMILES string of the molecule is COc1c(Br)cc(C)c(C)c1OC. The molecule has 3 heteroatoms. The lowest BCUT2D eigenvalue weighted by molar-refractivity contribution is 0.351. The number of benzene rings is 1. The molecule has 0 amide bonds. The lowest BCUT2D eigenvalue weighted by atomic mass is 10.1. The summed E-state index contributed by atoms with van der Waals surface area (Å²) in [6.07, 6.45) is 0. The summed E-state index contributed by atoms with van der Waals surface area (Å²) in [6.45, 7) is 4.06. The van der Waals surface area contributed by atoms with E-state index in [0.717, 1.165) is 21.5 Å². The van der Waals surface area contributed by atoms with E-state index in [2.05, 4.69) is 15.9 Å². The van der Waals surface area contributed by atoms with E-state index in [1.54, 1.807) is 14.2 Å². The highest BCUT2D eigenvalue weighted by Gasteiger charge is 2.12. The zero-order chi connectivity index (χ0) is 10.0. The van der Waals surface area contributed by atoms with Gasteiger partial charge in [0.2, 0.25) is 0 Å². The van der Waals surface area contributed by atoms with Crippen molar-refractivity contribution in [1.29, 1.82) is 0 Å². The molecule has 72 valence electrons. The van der Waals surface area contributed by atoms with Crippen LogP contribution in [0.4, 0.5) is 0 Å². The fourth-order valence-electron chi connectivity index (χ4n) is 1.26. The molecule has 0 spiro atoms. The van der Waals surface area contributed by atoms with Crippen LogP contribution in [-0.2, 0) is 0 Å². The Morgan fingerprint density at radius 3 is 2.08 bits per heavy atom. The van der Waals surface area contributed by atoms with Crippen molar-refractivity contribution in [2.45, 2.75) is 13.8 Å². The molecular formula is C10H13BrO2. The second-order valence-corrected chi connectivity index (χ2v) is 3.72. The van der Waals surface area contributed by atoms with Crippen molar-refractivity contribution in [1.82, 2.24) is 0 Å². The Balaban J connectivity index is 3.41. The molecule has 0 unspecified atom stereocenters. The van der Waals surface area contributed by atoms with Gasteiger partial charge in [-0.25, -0.2) is 0 Å². The molecule has 13 heavy (non-hydrogen) atoms. The van der Waals surface area contributed by atoms with E-state index in [-0.39, 0.29) is 0 Å². The van der Waals surface area contributed by atoms with Gasteiger partial charge in [-0.05, 0) is 47.0 Å². The fraction of sp³-hybridized carbons (Fsp3) is 0.400. The second-order valence-electron chi connectivity index (χ2n) is 2.87. The number of hydrogen-bond donors (Lipinski definition) is 0. The second kappa shape index (κ2) is 4.01. The molecule has 0 aromatic heterocycles. The summed E-state index contributed by atoms with van der Waals surface area (Å²) in [5.74, 6) is 1.56. The van der Waals surface area contributed by atoms with Crippen molar-refractivity contribution in [3.63, 3.8) is 0 Å². The highest BCUT2D eigenvalue weighted by Crippen LogP contribution is 2.39. The summed E-state index contributed by atoms with van der Waals surface area (Å²) >= 11 is 3.43. The van der Waals surface area contributed by atoms with Crippen LogP contribution in [0, 0.1) is 13.8 Å². The number of halogens is 1. The molecule has 0 atom stereocenters. The molecule has 0 saturated carbocycles. The normalized spacial score (nSPS) is 9.92. The van der Waals surface area contributed by atoms with Crippen molar-refractivity contribution < 1.29 is 9.47 Å². The highest BCUT2D eigenvalue weighted by atomic mass is 79.9. The number of aryl methyl sites for hydroxylation is 1. The summed E-state index contributed by atoms with van der Waals surface area (Å²) in [4.78, 5) is 0. The first-order valence-electron chi connectivity index (χ1n) is 3.99. The Hall–Kier alpha value is -0.700. The van der Waals surface area contributed by atoms with Crippen LogP contribution in [-0.4, -0.2) is 14.2 Å². The molecule has 0 radical (unpaired) electrons. The minimum atomic E-state index is 0.755. The van der Waals surface area contributed by atoms with Crippen LogP contribution >= 0.6 is 15.9 Å². The van der Waals surface area contributed by atoms with Crippen LogP contribution in [0.25, 0.3) is 0 Å². The smallest absolute Gasteiger partial charge is 0.175 e. The maximum Gasteiger partial charge on any atom is 0.175 e. The number of rotatable bonds is 2. The fourth-order valence-corrected chi connectivity index (χ4v) is 1.94. The zero-order valence-corrected chi connectivity index (χ0v) is 9.86. The molecule has 1 aromatic carbocycles. The zero-order valence-electron chi connectivity index (χ0n) is 8.27. The predicted molar refractivity (Wildman–Crippen MR) is 56.7 cm³/mol. The van der Waals surface area contributed by atoms with E-state index in [4.69, 9.17) is 9.47 Å². The maximum atomic E-state index is 5.27. The third-order valence-corrected chi connectivity index (χ3v) is 2.70. The molecule has 1 aromatic rings. The van der Waals surface area contributed by atoms with Gasteiger partial charge in [0.15, 0.2) is 11.5 Å². The Kier molecular flexibility index (Phi) is 3.20. The van der Waals surface area contributed by atoms with Crippen LogP contribution in [0.3, 0.4) is 0 Å². The van der Waals surface area contributed by atoms with Crippen LogP contribution in [0.15, 0.2) is 10.5 Å². The van der Waals surface area contributed by atoms with Gasteiger partial charge in [-0.2, -0.15) is 0 Å². The first-order valence-corrected chi connectivity index (χ1v) is 4.78. The average molecular weight is 245 g/mol. The van der Waals surface area contributed by atoms with Gasteiger partial charge in [0.25, 0.3) is 0 Å². The standard InChI is InChI=1S/C10H13BrO2/c1-6-5-8(11)10(13-4)9(12-3)7(6)2/h5H,1-4H3. The van der Waals surface area contributed by atoms with Crippen LogP contribution in [0.5, 0.6) is 11.5 Å². The Bertz CT molecular complexity index is 321. The average Bonchev–Trinajstić information content (AvgIpc) is 2.10. The van der Waals surface area contributed by atoms with E-state index in [1.807, 2.05) is 19.9 Å². The highest BCUT2D eigenvalue weighted by molar-refractivity contribution is 9.10. The van der Waals surface area contributed by atoms with Gasteiger partial charge in [0, 0.05) is 0 Å². The van der Waals surface area contributed by atoms with Crippen molar-refractivity contribution in [2.75, 3.05) is 14.2 Å². The largest absolute Gasteiger partial charge is 0.493 e. The lowest BCUT2D eigenvalue weighted by Crippen LogP contribution is -1.96. The van der Waals surface area contributed by atoms with Gasteiger partial charge in [-0.1, -0.05) is 0 Å². The van der Waals surface area contributed by atoms with Crippen LogP contribution in [0.1, 0.15) is 11.1 Å². The van der Waals surface area contributed by atoms with Gasteiger partial charge in [0.05, 0.1) is 18.7 Å². The maximum absolute atomic E-state index is 5.27. The van der Waals surface area contributed by atoms with Crippen LogP contribution < -0.4 is 9.47 Å². The van der Waals surface area contributed by atoms with Gasteiger partial charge >= 0.3 is 0 Å². The molecule has 0 heterocycles. The van der Waals surface area contributed by atoms with Gasteiger partial charge < -0.3 is 9.47 Å². The summed E-state index contributed by atoms with van der Waals surface area (Å²) in [6, 6.07) is 2.02. The molecule has 2 nitrogen and oxygen atoms in total. The number of methoxy groups -OCH3 is 2. The number of hydrogen-bond acceptors (Lipinski definition) is 2. The van der Waals surface area contributed by atoms with E-state index in [1.165, 1.54) is 5.56 Å². The van der Waals surface area contributed by atoms with Gasteiger partial charge in [0.1, 0.15) is 0 Å². The third-order valence-electron chi connectivity index (χ3n) is 2.11. The quantitative estimate of drug-likeness (QED) is 0.797. The van der Waals surface area contributed by atoms with Crippen molar-refractivity contribution >= 4 is 15.9 Å². The molecule has 0 aliphatic carbocycles. The van der Waals surface area contributed by atoms with E-state index in [9.17, 15) is 0 Å². The first kappa shape index (κ1) is 10.4.